The maximum atomic E-state index is 14.0. The predicted octanol–water partition coefficient (Wildman–Crippen LogP) is 3.68. The Balaban J connectivity index is 2.17. The number of halogens is 1. The molecular weight excluding hydrogens is 289 g/mol. The van der Waals surface area contributed by atoms with Crippen molar-refractivity contribution in [2.75, 3.05) is 5.32 Å². The molecule has 22 heavy (non-hydrogen) atoms. The minimum atomic E-state index is -0.956. The summed E-state index contributed by atoms with van der Waals surface area (Å²) >= 11 is 0. The molecule has 120 valence electrons. The second-order valence-corrected chi connectivity index (χ2v) is 6.67. The van der Waals surface area contributed by atoms with Crippen molar-refractivity contribution in [1.82, 2.24) is 0 Å². The second kappa shape index (κ2) is 5.59. The molecule has 1 aliphatic carbocycles. The van der Waals surface area contributed by atoms with Gasteiger partial charge in [0.05, 0.1) is 6.42 Å². The van der Waals surface area contributed by atoms with Gasteiger partial charge in [-0.3, -0.25) is 10.1 Å². The molecule has 2 rings (SSSR count). The van der Waals surface area contributed by atoms with Gasteiger partial charge in [0.15, 0.2) is 0 Å². The summed E-state index contributed by atoms with van der Waals surface area (Å²) in [5, 5.41) is 11.5. The Morgan fingerprint density at radius 1 is 1.36 bits per heavy atom. The first-order chi connectivity index (χ1) is 10.1. The molecule has 0 bridgehead atoms. The standard InChI is InChI=1S/C16H20FNO4/c1-15(2,3)22-14(21)18-10-4-5-12(17)11(8-10)16(6-7-16)9-13(19)20/h4-5,8H,6-7,9H2,1-3H3,(H,18,21)(H,19,20). The third-order valence-corrected chi connectivity index (χ3v) is 3.53. The van der Waals surface area contributed by atoms with Crippen LogP contribution in [0.5, 0.6) is 0 Å². The van der Waals surface area contributed by atoms with Crippen LogP contribution < -0.4 is 5.32 Å². The lowest BCUT2D eigenvalue weighted by Crippen LogP contribution is -2.27. The molecular formula is C16H20FNO4. The number of hydrogen-bond acceptors (Lipinski definition) is 3. The highest BCUT2D eigenvalue weighted by molar-refractivity contribution is 5.85. The highest BCUT2D eigenvalue weighted by Crippen LogP contribution is 2.52. The fraction of sp³-hybridized carbons (Fsp3) is 0.500. The molecule has 1 aromatic carbocycles. The lowest BCUT2D eigenvalue weighted by Gasteiger charge is -2.20. The number of carbonyl (C=O) groups is 2. The smallest absolute Gasteiger partial charge is 0.412 e. The second-order valence-electron chi connectivity index (χ2n) is 6.67. The van der Waals surface area contributed by atoms with Crippen LogP contribution in [0.2, 0.25) is 0 Å². The summed E-state index contributed by atoms with van der Waals surface area (Å²) in [6, 6.07) is 4.17. The average molecular weight is 309 g/mol. The average Bonchev–Trinajstić information content (AvgIpc) is 3.09. The molecule has 1 aliphatic rings. The number of carboxylic acid groups (broad SMARTS) is 1. The minimum absolute atomic E-state index is 0.111. The van der Waals surface area contributed by atoms with Gasteiger partial charge in [-0.25, -0.2) is 9.18 Å². The number of amides is 1. The highest BCUT2D eigenvalue weighted by Gasteiger charge is 2.47. The zero-order chi connectivity index (χ0) is 16.5. The summed E-state index contributed by atoms with van der Waals surface area (Å²) < 4.78 is 19.2. The molecule has 2 N–H and O–H groups in total. The number of rotatable bonds is 4. The Morgan fingerprint density at radius 3 is 2.50 bits per heavy atom. The molecule has 0 unspecified atom stereocenters. The predicted molar refractivity (Wildman–Crippen MR) is 79.4 cm³/mol. The van der Waals surface area contributed by atoms with Gasteiger partial charge in [0.1, 0.15) is 11.4 Å². The van der Waals surface area contributed by atoms with E-state index in [0.29, 0.717) is 24.1 Å². The van der Waals surface area contributed by atoms with Crippen molar-refractivity contribution in [2.45, 2.75) is 51.0 Å². The van der Waals surface area contributed by atoms with Crippen LogP contribution in [-0.4, -0.2) is 22.8 Å². The zero-order valence-corrected chi connectivity index (χ0v) is 12.9. The van der Waals surface area contributed by atoms with E-state index in [1.807, 2.05) is 0 Å². The van der Waals surface area contributed by atoms with E-state index < -0.39 is 28.9 Å². The number of benzene rings is 1. The summed E-state index contributed by atoms with van der Waals surface area (Å²) in [4.78, 5) is 22.7. The summed E-state index contributed by atoms with van der Waals surface area (Å²) in [5.74, 6) is -1.41. The Hall–Kier alpha value is -2.11. The Labute approximate surface area is 128 Å². The lowest BCUT2D eigenvalue weighted by atomic mass is 9.91. The molecule has 5 nitrogen and oxygen atoms in total. The van der Waals surface area contributed by atoms with Gasteiger partial charge < -0.3 is 9.84 Å². The molecule has 1 saturated carbocycles. The number of hydrogen-bond donors (Lipinski definition) is 2. The van der Waals surface area contributed by atoms with Gasteiger partial charge in [0, 0.05) is 11.1 Å². The normalized spacial score (nSPS) is 16.0. The van der Waals surface area contributed by atoms with Gasteiger partial charge in [-0.1, -0.05) is 0 Å². The molecule has 0 saturated heterocycles. The first-order valence-corrected chi connectivity index (χ1v) is 7.13. The first kappa shape index (κ1) is 16.3. The van der Waals surface area contributed by atoms with Crippen molar-refractivity contribution in [2.24, 2.45) is 0 Å². The Kier molecular flexibility index (Phi) is 4.13. The van der Waals surface area contributed by atoms with E-state index in [1.165, 1.54) is 18.2 Å². The van der Waals surface area contributed by atoms with Crippen LogP contribution in [0, 0.1) is 5.82 Å². The van der Waals surface area contributed by atoms with Gasteiger partial charge >= 0.3 is 12.1 Å². The third-order valence-electron chi connectivity index (χ3n) is 3.53. The highest BCUT2D eigenvalue weighted by atomic mass is 19.1. The number of nitrogens with one attached hydrogen (secondary N) is 1. The maximum Gasteiger partial charge on any atom is 0.412 e. The summed E-state index contributed by atoms with van der Waals surface area (Å²) in [7, 11) is 0. The van der Waals surface area contributed by atoms with Gasteiger partial charge in [-0.05, 0) is 57.4 Å². The van der Waals surface area contributed by atoms with Crippen molar-refractivity contribution in [3.05, 3.63) is 29.6 Å². The largest absolute Gasteiger partial charge is 0.481 e. The van der Waals surface area contributed by atoms with Crippen molar-refractivity contribution in [3.63, 3.8) is 0 Å². The topological polar surface area (TPSA) is 75.6 Å². The van der Waals surface area contributed by atoms with Gasteiger partial charge in [-0.2, -0.15) is 0 Å². The van der Waals surface area contributed by atoms with Gasteiger partial charge in [-0.15, -0.1) is 0 Å². The van der Waals surface area contributed by atoms with Crippen molar-refractivity contribution < 1.29 is 23.8 Å². The van der Waals surface area contributed by atoms with Crippen LogP contribution in [0.15, 0.2) is 18.2 Å². The molecule has 0 radical (unpaired) electrons. The fourth-order valence-corrected chi connectivity index (χ4v) is 2.41. The maximum absolute atomic E-state index is 14.0. The monoisotopic (exact) mass is 309 g/mol. The van der Waals surface area contributed by atoms with Crippen molar-refractivity contribution >= 4 is 17.7 Å². The van der Waals surface area contributed by atoms with Crippen molar-refractivity contribution in [1.29, 1.82) is 0 Å². The van der Waals surface area contributed by atoms with E-state index in [4.69, 9.17) is 9.84 Å². The lowest BCUT2D eigenvalue weighted by molar-refractivity contribution is -0.137. The summed E-state index contributed by atoms with van der Waals surface area (Å²) in [6.45, 7) is 5.23. The van der Waals surface area contributed by atoms with Gasteiger partial charge in [0.2, 0.25) is 0 Å². The quantitative estimate of drug-likeness (QED) is 0.889. The molecule has 6 heteroatoms. The van der Waals surface area contributed by atoms with Crippen LogP contribution in [0.4, 0.5) is 14.9 Å². The molecule has 0 spiro atoms. The Bertz CT molecular complexity index is 603. The molecule has 0 aliphatic heterocycles. The van der Waals surface area contributed by atoms with E-state index in [0.717, 1.165) is 0 Å². The zero-order valence-electron chi connectivity index (χ0n) is 12.9. The summed E-state index contributed by atoms with van der Waals surface area (Å²) in [6.07, 6.45) is 0.519. The molecule has 1 fully saturated rings. The summed E-state index contributed by atoms with van der Waals surface area (Å²) in [5.41, 5.74) is -0.555. The number of aliphatic carboxylic acids is 1. The van der Waals surface area contributed by atoms with E-state index in [1.54, 1.807) is 20.8 Å². The van der Waals surface area contributed by atoms with E-state index in [-0.39, 0.29) is 6.42 Å². The van der Waals surface area contributed by atoms with Crippen LogP contribution in [0.3, 0.4) is 0 Å². The molecule has 1 amide bonds. The van der Waals surface area contributed by atoms with Crippen LogP contribution in [0.1, 0.15) is 45.6 Å². The molecule has 0 heterocycles. The van der Waals surface area contributed by atoms with E-state index >= 15 is 0 Å². The third kappa shape index (κ3) is 3.96. The number of anilines is 1. The Morgan fingerprint density at radius 2 is 2.00 bits per heavy atom. The number of carbonyl (C=O) groups excluding carboxylic acids is 1. The molecule has 0 atom stereocenters. The van der Waals surface area contributed by atoms with Crippen LogP contribution in [0.25, 0.3) is 0 Å². The fourth-order valence-electron chi connectivity index (χ4n) is 2.41. The first-order valence-electron chi connectivity index (χ1n) is 7.13. The van der Waals surface area contributed by atoms with E-state index in [9.17, 15) is 14.0 Å². The van der Waals surface area contributed by atoms with E-state index in [2.05, 4.69) is 5.32 Å². The number of ether oxygens (including phenoxy) is 1. The molecule has 1 aromatic rings. The number of carboxylic acids is 1. The van der Waals surface area contributed by atoms with Crippen LogP contribution in [-0.2, 0) is 14.9 Å². The minimum Gasteiger partial charge on any atom is -0.481 e. The van der Waals surface area contributed by atoms with Crippen LogP contribution >= 0.6 is 0 Å². The van der Waals surface area contributed by atoms with Crippen molar-refractivity contribution in [3.8, 4) is 0 Å². The van der Waals surface area contributed by atoms with Gasteiger partial charge in [0.25, 0.3) is 0 Å². The molecule has 0 aromatic heterocycles. The SMILES string of the molecule is CC(C)(C)OC(=O)Nc1ccc(F)c(C2(CC(=O)O)CC2)c1.